The summed E-state index contributed by atoms with van der Waals surface area (Å²) in [7, 11) is 0. The number of nitrogens with zero attached hydrogens (tertiary/aromatic N) is 2. The van der Waals surface area contributed by atoms with Crippen molar-refractivity contribution in [3.8, 4) is 17.2 Å². The molecule has 0 unspecified atom stereocenters. The molecule has 0 radical (unpaired) electrons. The molecule has 3 N–H and O–H groups in total. The Labute approximate surface area is 192 Å². The molecule has 158 valence electrons. The minimum absolute atomic E-state index is 0.210. The summed E-state index contributed by atoms with van der Waals surface area (Å²) in [5, 5.41) is 5.32. The van der Waals surface area contributed by atoms with Gasteiger partial charge in [0.1, 0.15) is 17.3 Å². The average Bonchev–Trinajstić information content (AvgIpc) is 3.39. The second-order valence-corrected chi connectivity index (χ2v) is 8.29. The van der Waals surface area contributed by atoms with Crippen LogP contribution in [-0.2, 0) is 0 Å². The molecule has 0 amide bonds. The maximum absolute atomic E-state index is 13.1. The van der Waals surface area contributed by atoms with Crippen molar-refractivity contribution in [3.63, 3.8) is 0 Å². The number of nitrogens with two attached hydrogens (primary N) is 1. The molecule has 0 spiro atoms. The minimum atomic E-state index is -0.210. The zero-order valence-electron chi connectivity index (χ0n) is 17.2. The Bertz CT molecular complexity index is 1450. The Hall–Kier alpha value is -3.84. The van der Waals surface area contributed by atoms with E-state index in [1.807, 2.05) is 79.7 Å². The van der Waals surface area contributed by atoms with Crippen LogP contribution < -0.4 is 10.5 Å². The number of aromatic amines is 1. The number of H-pyrrole nitrogens is 1. The van der Waals surface area contributed by atoms with Gasteiger partial charge in [-0.1, -0.05) is 40.2 Å². The third-order valence-electron chi connectivity index (χ3n) is 5.28. The fourth-order valence-electron chi connectivity index (χ4n) is 3.66. The summed E-state index contributed by atoms with van der Waals surface area (Å²) in [5.41, 5.74) is 9.73. The molecule has 5 aromatic rings. The van der Waals surface area contributed by atoms with E-state index in [0.29, 0.717) is 17.0 Å². The first-order chi connectivity index (χ1) is 15.5. The predicted octanol–water partition coefficient (Wildman–Crippen LogP) is 6.03. The highest BCUT2D eigenvalue weighted by atomic mass is 79.9. The lowest BCUT2D eigenvalue weighted by Crippen LogP contribution is -2.08. The van der Waals surface area contributed by atoms with Crippen molar-refractivity contribution in [2.24, 2.45) is 0 Å². The summed E-state index contributed by atoms with van der Waals surface area (Å²) < 4.78 is 8.39. The molecule has 3 aromatic carbocycles. The Kier molecular flexibility index (Phi) is 5.03. The van der Waals surface area contributed by atoms with E-state index in [2.05, 4.69) is 26.0 Å². The Morgan fingerprint density at radius 1 is 1.03 bits per heavy atom. The number of para-hydroxylation sites is 1. The van der Waals surface area contributed by atoms with Gasteiger partial charge in [0.15, 0.2) is 0 Å². The Balaban J connectivity index is 1.45. The van der Waals surface area contributed by atoms with Gasteiger partial charge in [0.25, 0.3) is 0 Å². The van der Waals surface area contributed by atoms with Crippen LogP contribution in [0.3, 0.4) is 0 Å². The molecular weight excluding hydrogens is 468 g/mol. The van der Waals surface area contributed by atoms with Crippen LogP contribution in [0.1, 0.15) is 21.6 Å². The van der Waals surface area contributed by atoms with Crippen molar-refractivity contribution in [1.82, 2.24) is 14.8 Å². The zero-order valence-corrected chi connectivity index (χ0v) is 18.8. The van der Waals surface area contributed by atoms with Gasteiger partial charge in [0.2, 0.25) is 5.78 Å². The Morgan fingerprint density at radius 2 is 1.84 bits per heavy atom. The average molecular weight is 487 g/mol. The third-order valence-corrected chi connectivity index (χ3v) is 5.97. The van der Waals surface area contributed by atoms with Crippen molar-refractivity contribution in [2.45, 2.75) is 6.92 Å². The van der Waals surface area contributed by atoms with Crippen LogP contribution in [0.15, 0.2) is 83.5 Å². The highest BCUT2D eigenvalue weighted by Gasteiger charge is 2.20. The van der Waals surface area contributed by atoms with Crippen molar-refractivity contribution in [1.29, 1.82) is 0 Å². The summed E-state index contributed by atoms with van der Waals surface area (Å²) in [5.74, 6) is 1.55. The van der Waals surface area contributed by atoms with Gasteiger partial charge in [0, 0.05) is 15.4 Å². The molecule has 0 aliphatic heterocycles. The number of nitrogens with one attached hydrogen (secondary N) is 1. The van der Waals surface area contributed by atoms with E-state index in [9.17, 15) is 4.79 Å². The van der Waals surface area contributed by atoms with E-state index in [4.69, 9.17) is 10.5 Å². The van der Waals surface area contributed by atoms with E-state index in [1.54, 1.807) is 4.68 Å². The van der Waals surface area contributed by atoms with Gasteiger partial charge < -0.3 is 15.5 Å². The molecule has 6 nitrogen and oxygen atoms in total. The molecule has 0 saturated carbocycles. The molecule has 0 aliphatic carbocycles. The molecular formula is C25H19BrN4O2. The van der Waals surface area contributed by atoms with Crippen molar-refractivity contribution >= 4 is 38.4 Å². The first-order valence-corrected chi connectivity index (χ1v) is 10.8. The number of aromatic nitrogens is 3. The van der Waals surface area contributed by atoms with Gasteiger partial charge in [-0.05, 0) is 61.0 Å². The highest BCUT2D eigenvalue weighted by molar-refractivity contribution is 9.10. The molecule has 7 heteroatoms. The SMILES string of the molecule is Cc1cc(Oc2ccccc2)ccc1-n1ncc(C(=O)c2cc3c(Br)cccc3[nH]2)c1N. The van der Waals surface area contributed by atoms with E-state index < -0.39 is 0 Å². The predicted molar refractivity (Wildman–Crippen MR) is 129 cm³/mol. The van der Waals surface area contributed by atoms with Crippen molar-refractivity contribution in [2.75, 3.05) is 5.73 Å². The van der Waals surface area contributed by atoms with Gasteiger partial charge in [-0.25, -0.2) is 4.68 Å². The van der Waals surface area contributed by atoms with E-state index >= 15 is 0 Å². The lowest BCUT2D eigenvalue weighted by Gasteiger charge is -2.11. The number of carbonyl (C=O) groups excluding carboxylic acids is 1. The molecule has 0 bridgehead atoms. The fraction of sp³-hybridized carbons (Fsp3) is 0.0400. The standard InChI is InChI=1S/C25H19BrN4O2/c1-15-12-17(32-16-6-3-2-4-7-16)10-11-23(15)30-25(27)19(14-28-30)24(31)22-13-18-20(26)8-5-9-21(18)29-22/h2-14,29H,27H2,1H3. The van der Waals surface area contributed by atoms with E-state index in [1.165, 1.54) is 6.20 Å². The summed E-state index contributed by atoms with van der Waals surface area (Å²) >= 11 is 3.52. The summed E-state index contributed by atoms with van der Waals surface area (Å²) in [6.07, 6.45) is 1.51. The second kappa shape index (κ2) is 8.01. The zero-order chi connectivity index (χ0) is 22.2. The number of hydrogen-bond acceptors (Lipinski definition) is 4. The summed E-state index contributed by atoms with van der Waals surface area (Å²) in [6, 6.07) is 22.8. The number of anilines is 1. The number of aryl methyl sites for hydroxylation is 1. The van der Waals surface area contributed by atoms with Crippen LogP contribution in [0.2, 0.25) is 0 Å². The van der Waals surface area contributed by atoms with E-state index in [-0.39, 0.29) is 11.6 Å². The highest BCUT2D eigenvalue weighted by Crippen LogP contribution is 2.29. The lowest BCUT2D eigenvalue weighted by atomic mass is 10.1. The largest absolute Gasteiger partial charge is 0.457 e. The molecule has 0 aliphatic rings. The van der Waals surface area contributed by atoms with Crippen LogP contribution in [0.4, 0.5) is 5.82 Å². The number of halogens is 1. The number of carbonyl (C=O) groups is 1. The maximum atomic E-state index is 13.1. The van der Waals surface area contributed by atoms with Crippen LogP contribution in [0.5, 0.6) is 11.5 Å². The minimum Gasteiger partial charge on any atom is -0.457 e. The van der Waals surface area contributed by atoms with Gasteiger partial charge in [-0.3, -0.25) is 4.79 Å². The monoisotopic (exact) mass is 486 g/mol. The smallest absolute Gasteiger partial charge is 0.214 e. The van der Waals surface area contributed by atoms with Gasteiger partial charge in [-0.15, -0.1) is 0 Å². The summed E-state index contributed by atoms with van der Waals surface area (Å²) in [6.45, 7) is 1.95. The van der Waals surface area contributed by atoms with Gasteiger partial charge in [-0.2, -0.15) is 5.10 Å². The molecule has 2 heterocycles. The van der Waals surface area contributed by atoms with Gasteiger partial charge in [0.05, 0.1) is 23.1 Å². The second-order valence-electron chi connectivity index (χ2n) is 7.43. The molecule has 2 aromatic heterocycles. The lowest BCUT2D eigenvalue weighted by molar-refractivity contribution is 0.103. The molecule has 5 rings (SSSR count). The topological polar surface area (TPSA) is 85.9 Å². The van der Waals surface area contributed by atoms with Crippen molar-refractivity contribution in [3.05, 3.63) is 100 Å². The van der Waals surface area contributed by atoms with Crippen LogP contribution in [0.25, 0.3) is 16.6 Å². The van der Waals surface area contributed by atoms with E-state index in [0.717, 1.165) is 32.4 Å². The molecule has 0 saturated heterocycles. The normalized spacial score (nSPS) is 11.1. The fourth-order valence-corrected chi connectivity index (χ4v) is 4.14. The number of ketones is 1. The van der Waals surface area contributed by atoms with Crippen molar-refractivity contribution < 1.29 is 9.53 Å². The molecule has 0 fully saturated rings. The molecule has 0 atom stereocenters. The number of fused-ring (bicyclic) bond motifs is 1. The first kappa shape index (κ1) is 20.1. The number of hydrogen-bond donors (Lipinski definition) is 2. The number of ether oxygens (including phenoxy) is 1. The quantitative estimate of drug-likeness (QED) is 0.297. The maximum Gasteiger partial charge on any atom is 0.214 e. The van der Waals surface area contributed by atoms with Crippen LogP contribution in [0, 0.1) is 6.92 Å². The first-order valence-electron chi connectivity index (χ1n) is 10.0. The third kappa shape index (κ3) is 3.56. The number of nitrogen functional groups attached to an aromatic ring is 1. The molecule has 32 heavy (non-hydrogen) atoms. The summed E-state index contributed by atoms with van der Waals surface area (Å²) in [4.78, 5) is 16.3. The van der Waals surface area contributed by atoms with Gasteiger partial charge >= 0.3 is 0 Å². The Morgan fingerprint density at radius 3 is 2.59 bits per heavy atom. The van der Waals surface area contributed by atoms with Crippen LogP contribution in [-0.4, -0.2) is 20.5 Å². The number of rotatable bonds is 5. The van der Waals surface area contributed by atoms with Crippen LogP contribution >= 0.6 is 15.9 Å². The number of benzene rings is 3.